The zero-order valence-electron chi connectivity index (χ0n) is 21.7. The third-order valence-corrected chi connectivity index (χ3v) is 17.6. The SMILES string of the molecule is CC(C)(C)[Si](C)(C)OC[C@H]1O[C@@H](n2cnc3c(Cl)ncnc32)C(Cl)(Cl)[C@@H]1O[Si](C)(C)C(C)(C)C. The van der Waals surface area contributed by atoms with E-state index in [4.69, 9.17) is 48.4 Å². The summed E-state index contributed by atoms with van der Waals surface area (Å²) in [6.07, 6.45) is 1.08. The molecule has 1 saturated heterocycles. The molecule has 0 radical (unpaired) electrons. The normalized spacial score (nSPS) is 24.2. The van der Waals surface area contributed by atoms with Crippen LogP contribution < -0.4 is 0 Å². The number of hydrogen-bond acceptors (Lipinski definition) is 6. The number of aromatic nitrogens is 4. The van der Waals surface area contributed by atoms with Gasteiger partial charge in [0.15, 0.2) is 38.0 Å². The molecule has 0 aromatic carbocycles. The predicted octanol–water partition coefficient (Wildman–Crippen LogP) is 6.96. The largest absolute Gasteiger partial charge is 0.414 e. The highest BCUT2D eigenvalue weighted by atomic mass is 35.5. The Balaban J connectivity index is 2.01. The van der Waals surface area contributed by atoms with Gasteiger partial charge in [0.05, 0.1) is 12.9 Å². The van der Waals surface area contributed by atoms with E-state index in [2.05, 4.69) is 82.7 Å². The van der Waals surface area contributed by atoms with Crippen LogP contribution in [-0.2, 0) is 13.6 Å². The first-order valence-corrected chi connectivity index (χ1v) is 18.4. The molecule has 1 fully saturated rings. The Morgan fingerprint density at radius 2 is 1.59 bits per heavy atom. The van der Waals surface area contributed by atoms with Gasteiger partial charge in [-0.25, -0.2) is 15.0 Å². The Bertz CT molecular complexity index is 1030. The fraction of sp³-hybridized carbons (Fsp3) is 0.773. The first-order chi connectivity index (χ1) is 15.3. The van der Waals surface area contributed by atoms with Crippen molar-refractivity contribution >= 4 is 62.6 Å². The minimum atomic E-state index is -2.25. The highest BCUT2D eigenvalue weighted by Gasteiger charge is 2.59. The molecular formula is C22H37Cl3N4O3Si2. The maximum absolute atomic E-state index is 7.09. The molecule has 0 aliphatic carbocycles. The Hall–Kier alpha value is -0.266. The lowest BCUT2D eigenvalue weighted by Gasteiger charge is -2.42. The molecule has 34 heavy (non-hydrogen) atoms. The molecule has 2 aromatic rings. The van der Waals surface area contributed by atoms with Gasteiger partial charge in [-0.1, -0.05) is 76.3 Å². The van der Waals surface area contributed by atoms with Gasteiger partial charge in [0, 0.05) is 0 Å². The Morgan fingerprint density at radius 1 is 1.00 bits per heavy atom. The average molecular weight is 568 g/mol. The van der Waals surface area contributed by atoms with Gasteiger partial charge >= 0.3 is 0 Å². The van der Waals surface area contributed by atoms with Crippen LogP contribution in [0.3, 0.4) is 0 Å². The van der Waals surface area contributed by atoms with Crippen molar-refractivity contribution in [3.63, 3.8) is 0 Å². The summed E-state index contributed by atoms with van der Waals surface area (Å²) in [5, 5.41) is 0.263. The van der Waals surface area contributed by atoms with Crippen LogP contribution in [0.15, 0.2) is 12.7 Å². The van der Waals surface area contributed by atoms with Crippen LogP contribution in [0.25, 0.3) is 11.2 Å². The molecule has 0 spiro atoms. The molecule has 0 N–H and O–H groups in total. The number of ether oxygens (including phenoxy) is 1. The second-order valence-electron chi connectivity index (χ2n) is 12.1. The van der Waals surface area contributed by atoms with E-state index in [0.29, 0.717) is 17.8 Å². The van der Waals surface area contributed by atoms with Crippen LogP contribution in [0.5, 0.6) is 0 Å². The molecule has 0 saturated carbocycles. The zero-order chi connectivity index (χ0) is 25.9. The molecular weight excluding hydrogens is 531 g/mol. The summed E-state index contributed by atoms with van der Waals surface area (Å²) in [6, 6.07) is 0. The summed E-state index contributed by atoms with van der Waals surface area (Å²) >= 11 is 20.4. The first kappa shape index (κ1) is 28.3. The van der Waals surface area contributed by atoms with E-state index in [-0.39, 0.29) is 15.2 Å². The lowest BCUT2D eigenvalue weighted by atomic mass is 10.2. The molecule has 3 heterocycles. The fourth-order valence-electron chi connectivity index (χ4n) is 3.24. The van der Waals surface area contributed by atoms with Gasteiger partial charge in [-0.15, -0.1) is 0 Å². The summed E-state index contributed by atoms with van der Waals surface area (Å²) in [5.74, 6) is 0. The van der Waals surface area contributed by atoms with Crippen LogP contribution in [-0.4, -0.2) is 59.3 Å². The summed E-state index contributed by atoms with van der Waals surface area (Å²) in [6.45, 7) is 22.3. The lowest BCUT2D eigenvalue weighted by molar-refractivity contribution is -0.0387. The van der Waals surface area contributed by atoms with Crippen molar-refractivity contribution in [3.8, 4) is 0 Å². The molecule has 0 unspecified atom stereocenters. The predicted molar refractivity (Wildman–Crippen MR) is 144 cm³/mol. The number of imidazole rings is 1. The van der Waals surface area contributed by atoms with Crippen LogP contribution in [0.2, 0.25) is 41.4 Å². The second kappa shape index (κ2) is 9.24. The number of hydrogen-bond donors (Lipinski definition) is 0. The maximum atomic E-state index is 7.09. The first-order valence-electron chi connectivity index (χ1n) is 11.5. The van der Waals surface area contributed by atoms with E-state index in [1.807, 2.05) is 0 Å². The van der Waals surface area contributed by atoms with Gasteiger partial charge in [0.25, 0.3) is 0 Å². The summed E-state index contributed by atoms with van der Waals surface area (Å²) in [7, 11) is -4.30. The van der Waals surface area contributed by atoms with Crippen molar-refractivity contribution in [2.45, 2.75) is 101 Å². The van der Waals surface area contributed by atoms with Crippen LogP contribution in [0, 0.1) is 0 Å². The number of rotatable bonds is 6. The van der Waals surface area contributed by atoms with Gasteiger partial charge in [0.2, 0.25) is 0 Å². The fourth-order valence-corrected chi connectivity index (χ4v) is 6.59. The van der Waals surface area contributed by atoms with Gasteiger partial charge in [-0.05, 0) is 36.3 Å². The highest BCUT2D eigenvalue weighted by Crippen LogP contribution is 2.52. The number of alkyl halides is 2. The van der Waals surface area contributed by atoms with E-state index >= 15 is 0 Å². The smallest absolute Gasteiger partial charge is 0.192 e. The van der Waals surface area contributed by atoms with E-state index in [0.717, 1.165) is 0 Å². The molecule has 0 amide bonds. The number of nitrogens with zero attached hydrogens (tertiary/aromatic N) is 4. The lowest BCUT2D eigenvalue weighted by Crippen LogP contribution is -2.52. The van der Waals surface area contributed by atoms with E-state index in [1.165, 1.54) is 6.33 Å². The minimum Gasteiger partial charge on any atom is -0.414 e. The molecule has 3 atom stereocenters. The number of fused-ring (bicyclic) bond motifs is 1. The summed E-state index contributed by atoms with van der Waals surface area (Å²) < 4.78 is 20.1. The standard InChI is InChI=1S/C22H37Cl3N4O3Si2/c1-20(2,3)33(7,8)30-11-14-16(32-34(9,10)21(4,5)6)22(24,25)19(31-14)29-13-28-15-17(23)26-12-27-18(15)29/h12-14,16,19H,11H2,1-10H3/t14-,16-,19-/m1/s1. The molecule has 3 rings (SSSR count). The molecule has 1 aliphatic rings. The Labute approximate surface area is 220 Å². The van der Waals surface area contributed by atoms with Gasteiger partial charge < -0.3 is 13.6 Å². The van der Waals surface area contributed by atoms with E-state index in [9.17, 15) is 0 Å². The van der Waals surface area contributed by atoms with Crippen LogP contribution in [0.1, 0.15) is 47.8 Å². The zero-order valence-corrected chi connectivity index (χ0v) is 26.0. The molecule has 7 nitrogen and oxygen atoms in total. The van der Waals surface area contributed by atoms with Gasteiger partial charge in [0.1, 0.15) is 24.1 Å². The van der Waals surface area contributed by atoms with Gasteiger partial charge in [-0.3, -0.25) is 4.57 Å². The third-order valence-electron chi connectivity index (χ3n) is 7.56. The van der Waals surface area contributed by atoms with Crippen molar-refractivity contribution in [2.24, 2.45) is 0 Å². The van der Waals surface area contributed by atoms with Crippen molar-refractivity contribution in [2.75, 3.05) is 6.61 Å². The van der Waals surface area contributed by atoms with Crippen LogP contribution >= 0.6 is 34.8 Å². The van der Waals surface area contributed by atoms with E-state index in [1.54, 1.807) is 10.9 Å². The monoisotopic (exact) mass is 566 g/mol. The maximum Gasteiger partial charge on any atom is 0.192 e. The Morgan fingerprint density at radius 3 is 2.15 bits per heavy atom. The molecule has 2 aromatic heterocycles. The molecule has 0 bridgehead atoms. The van der Waals surface area contributed by atoms with Crippen molar-refractivity contribution in [1.82, 2.24) is 19.5 Å². The van der Waals surface area contributed by atoms with Crippen molar-refractivity contribution in [1.29, 1.82) is 0 Å². The van der Waals surface area contributed by atoms with Crippen molar-refractivity contribution < 1.29 is 13.6 Å². The minimum absolute atomic E-state index is 0.0394. The highest BCUT2D eigenvalue weighted by molar-refractivity contribution is 6.74. The quantitative estimate of drug-likeness (QED) is 0.213. The van der Waals surface area contributed by atoms with Crippen LogP contribution in [0.4, 0.5) is 0 Å². The number of halogens is 3. The molecule has 1 aliphatic heterocycles. The summed E-state index contributed by atoms with van der Waals surface area (Å²) in [4.78, 5) is 12.7. The van der Waals surface area contributed by atoms with Gasteiger partial charge in [-0.2, -0.15) is 0 Å². The second-order valence-corrected chi connectivity index (χ2v) is 23.4. The molecule has 12 heteroatoms. The van der Waals surface area contributed by atoms with E-state index < -0.39 is 39.4 Å². The van der Waals surface area contributed by atoms with Crippen molar-refractivity contribution in [3.05, 3.63) is 17.8 Å². The summed E-state index contributed by atoms with van der Waals surface area (Å²) in [5.41, 5.74) is 0.951. The Kier molecular flexibility index (Phi) is 7.69. The topological polar surface area (TPSA) is 71.3 Å². The molecule has 192 valence electrons. The third kappa shape index (κ3) is 5.23. The average Bonchev–Trinajstić information content (AvgIpc) is 3.18.